The van der Waals surface area contributed by atoms with Crippen LogP contribution in [0, 0.1) is 0 Å². The SMILES string of the molecule is O=C(CSc1cn(Cc2ccc(Cl)cc2)c2ccccc12)Nc1ccc(OC(F)(F)F)cc1. The number of hydrogen-bond acceptors (Lipinski definition) is 3. The molecular formula is C24H18ClF3N2O2S. The third-order valence-electron chi connectivity index (χ3n) is 4.75. The number of ether oxygens (including phenoxy) is 1. The zero-order valence-electron chi connectivity index (χ0n) is 17.1. The number of fused-ring (bicyclic) bond motifs is 1. The van der Waals surface area contributed by atoms with Crippen LogP contribution >= 0.6 is 23.4 Å². The van der Waals surface area contributed by atoms with Gasteiger partial charge in [0, 0.05) is 39.3 Å². The summed E-state index contributed by atoms with van der Waals surface area (Å²) in [5, 5.41) is 4.41. The van der Waals surface area contributed by atoms with Gasteiger partial charge in [0.05, 0.1) is 5.75 Å². The number of thioether (sulfide) groups is 1. The molecule has 9 heteroatoms. The van der Waals surface area contributed by atoms with E-state index in [-0.39, 0.29) is 17.4 Å². The van der Waals surface area contributed by atoms with Gasteiger partial charge in [-0.2, -0.15) is 0 Å². The third-order valence-corrected chi connectivity index (χ3v) is 6.04. The summed E-state index contributed by atoms with van der Waals surface area (Å²) >= 11 is 7.37. The number of carbonyl (C=O) groups is 1. The van der Waals surface area contributed by atoms with Crippen molar-refractivity contribution in [2.75, 3.05) is 11.1 Å². The van der Waals surface area contributed by atoms with Crippen LogP contribution in [0.1, 0.15) is 5.56 Å². The van der Waals surface area contributed by atoms with Crippen LogP contribution in [0.2, 0.25) is 5.02 Å². The number of halogens is 4. The molecule has 0 radical (unpaired) electrons. The highest BCUT2D eigenvalue weighted by atomic mass is 35.5. The molecule has 0 unspecified atom stereocenters. The fraction of sp³-hybridized carbons (Fsp3) is 0.125. The molecule has 1 N–H and O–H groups in total. The molecule has 4 rings (SSSR count). The molecule has 0 saturated carbocycles. The second-order valence-corrected chi connectivity index (χ2v) is 8.63. The maximum absolute atomic E-state index is 12.4. The van der Waals surface area contributed by atoms with E-state index in [9.17, 15) is 18.0 Å². The molecule has 0 spiro atoms. The molecule has 0 aliphatic rings. The van der Waals surface area contributed by atoms with Crippen LogP contribution < -0.4 is 10.1 Å². The largest absolute Gasteiger partial charge is 0.573 e. The number of amides is 1. The predicted octanol–water partition coefficient (Wildman–Crippen LogP) is 6.97. The average molecular weight is 491 g/mol. The molecule has 1 heterocycles. The van der Waals surface area contributed by atoms with Gasteiger partial charge < -0.3 is 14.6 Å². The number of para-hydroxylation sites is 1. The molecule has 1 aromatic heterocycles. The van der Waals surface area contributed by atoms with Crippen LogP contribution in [-0.4, -0.2) is 22.6 Å². The van der Waals surface area contributed by atoms with Crippen LogP contribution in [0.25, 0.3) is 10.9 Å². The molecule has 4 aromatic rings. The second kappa shape index (κ2) is 9.80. The van der Waals surface area contributed by atoms with E-state index in [0.29, 0.717) is 17.3 Å². The molecule has 0 aliphatic heterocycles. The van der Waals surface area contributed by atoms with Crippen molar-refractivity contribution in [3.8, 4) is 5.75 Å². The summed E-state index contributed by atoms with van der Waals surface area (Å²) in [6.07, 6.45) is -2.74. The maximum atomic E-state index is 12.4. The Kier molecular flexibility index (Phi) is 6.85. The van der Waals surface area contributed by atoms with Gasteiger partial charge in [0.15, 0.2) is 0 Å². The zero-order valence-corrected chi connectivity index (χ0v) is 18.7. The number of aromatic nitrogens is 1. The fourth-order valence-electron chi connectivity index (χ4n) is 3.33. The van der Waals surface area contributed by atoms with Crippen LogP contribution in [0.5, 0.6) is 5.75 Å². The highest BCUT2D eigenvalue weighted by Crippen LogP contribution is 2.31. The first-order chi connectivity index (χ1) is 15.8. The number of alkyl halides is 3. The van der Waals surface area contributed by atoms with Crippen LogP contribution in [0.4, 0.5) is 18.9 Å². The number of benzene rings is 3. The molecule has 0 aliphatic carbocycles. The van der Waals surface area contributed by atoms with Gasteiger partial charge in [-0.25, -0.2) is 0 Å². The Bertz CT molecular complexity index is 1260. The zero-order chi connectivity index (χ0) is 23.4. The van der Waals surface area contributed by atoms with Crippen molar-refractivity contribution in [3.63, 3.8) is 0 Å². The molecule has 4 nitrogen and oxygen atoms in total. The van der Waals surface area contributed by atoms with Gasteiger partial charge >= 0.3 is 6.36 Å². The minimum absolute atomic E-state index is 0.149. The molecule has 170 valence electrons. The summed E-state index contributed by atoms with van der Waals surface area (Å²) in [5.74, 6) is -0.460. The highest BCUT2D eigenvalue weighted by Gasteiger charge is 2.30. The Hall–Kier alpha value is -3.10. The van der Waals surface area contributed by atoms with Gasteiger partial charge in [-0.3, -0.25) is 4.79 Å². The van der Waals surface area contributed by atoms with Gasteiger partial charge in [-0.15, -0.1) is 24.9 Å². The third kappa shape index (κ3) is 6.24. The normalized spacial score (nSPS) is 11.5. The first-order valence-corrected chi connectivity index (χ1v) is 11.2. The number of anilines is 1. The molecule has 0 fully saturated rings. The minimum Gasteiger partial charge on any atom is -0.406 e. The smallest absolute Gasteiger partial charge is 0.406 e. The highest BCUT2D eigenvalue weighted by molar-refractivity contribution is 8.00. The number of nitrogens with zero attached hydrogens (tertiary/aromatic N) is 1. The number of hydrogen-bond donors (Lipinski definition) is 1. The van der Waals surface area contributed by atoms with E-state index in [1.807, 2.05) is 54.7 Å². The fourth-order valence-corrected chi connectivity index (χ4v) is 4.34. The molecule has 0 saturated heterocycles. The maximum Gasteiger partial charge on any atom is 0.573 e. The molecule has 0 bridgehead atoms. The summed E-state index contributed by atoms with van der Waals surface area (Å²) in [7, 11) is 0. The summed E-state index contributed by atoms with van der Waals surface area (Å²) in [6, 6.07) is 20.6. The topological polar surface area (TPSA) is 43.3 Å². The quantitative estimate of drug-likeness (QED) is 0.284. The van der Waals surface area contributed by atoms with E-state index in [1.54, 1.807) is 0 Å². The summed E-state index contributed by atoms with van der Waals surface area (Å²) in [4.78, 5) is 13.4. The Balaban J connectivity index is 1.41. The van der Waals surface area contributed by atoms with Crippen molar-refractivity contribution in [2.24, 2.45) is 0 Å². The van der Waals surface area contributed by atoms with Crippen LogP contribution in [0.3, 0.4) is 0 Å². The van der Waals surface area contributed by atoms with Crippen LogP contribution in [-0.2, 0) is 11.3 Å². The number of carbonyl (C=O) groups excluding carboxylic acids is 1. The van der Waals surface area contributed by atoms with Gasteiger partial charge in [0.2, 0.25) is 5.91 Å². The van der Waals surface area contributed by atoms with Crippen molar-refractivity contribution in [3.05, 3.63) is 89.6 Å². The molecular weight excluding hydrogens is 473 g/mol. The van der Waals surface area contributed by atoms with Gasteiger partial charge in [0.1, 0.15) is 5.75 Å². The average Bonchev–Trinajstić information content (AvgIpc) is 3.12. The van der Waals surface area contributed by atoms with Gasteiger partial charge in [-0.1, -0.05) is 41.9 Å². The second-order valence-electron chi connectivity index (χ2n) is 7.17. The van der Waals surface area contributed by atoms with Crippen molar-refractivity contribution in [1.82, 2.24) is 4.57 Å². The lowest BCUT2D eigenvalue weighted by molar-refractivity contribution is -0.274. The lowest BCUT2D eigenvalue weighted by Crippen LogP contribution is -2.17. The summed E-state index contributed by atoms with van der Waals surface area (Å²) in [5.41, 5.74) is 2.54. The van der Waals surface area contributed by atoms with E-state index < -0.39 is 6.36 Å². The Labute approximate surface area is 197 Å². The van der Waals surface area contributed by atoms with Crippen molar-refractivity contribution >= 4 is 45.9 Å². The van der Waals surface area contributed by atoms with Crippen LogP contribution in [0.15, 0.2) is 83.9 Å². The lowest BCUT2D eigenvalue weighted by atomic mass is 10.2. The van der Waals surface area contributed by atoms with Crippen molar-refractivity contribution in [1.29, 1.82) is 0 Å². The minimum atomic E-state index is -4.76. The van der Waals surface area contributed by atoms with Crippen molar-refractivity contribution in [2.45, 2.75) is 17.8 Å². The van der Waals surface area contributed by atoms with E-state index in [4.69, 9.17) is 11.6 Å². The monoisotopic (exact) mass is 490 g/mol. The first kappa shape index (κ1) is 23.1. The Morgan fingerprint density at radius 1 is 1.00 bits per heavy atom. The van der Waals surface area contributed by atoms with E-state index >= 15 is 0 Å². The summed E-state index contributed by atoms with van der Waals surface area (Å²) in [6.45, 7) is 0.663. The molecule has 33 heavy (non-hydrogen) atoms. The van der Waals surface area contributed by atoms with E-state index in [2.05, 4.69) is 14.6 Å². The van der Waals surface area contributed by atoms with Crippen molar-refractivity contribution < 1.29 is 22.7 Å². The van der Waals surface area contributed by atoms with E-state index in [1.165, 1.54) is 23.9 Å². The Morgan fingerprint density at radius 3 is 2.39 bits per heavy atom. The number of nitrogens with one attached hydrogen (secondary N) is 1. The number of rotatable bonds is 7. The van der Waals surface area contributed by atoms with E-state index in [0.717, 1.165) is 33.5 Å². The van der Waals surface area contributed by atoms with Gasteiger partial charge in [0.25, 0.3) is 0 Å². The first-order valence-electron chi connectivity index (χ1n) is 9.88. The van der Waals surface area contributed by atoms with Gasteiger partial charge in [-0.05, 0) is 48.0 Å². The summed E-state index contributed by atoms with van der Waals surface area (Å²) < 4.78 is 42.7. The lowest BCUT2D eigenvalue weighted by Gasteiger charge is -2.10. The molecule has 3 aromatic carbocycles. The Morgan fingerprint density at radius 2 is 1.70 bits per heavy atom. The standard InChI is InChI=1S/C24H18ClF3N2O2S/c25-17-7-5-16(6-8-17)13-30-14-22(20-3-1-2-4-21(20)30)33-15-23(31)29-18-9-11-19(12-10-18)32-24(26,27)28/h1-12,14H,13,15H2,(H,29,31). The molecule has 1 amide bonds. The molecule has 0 atom stereocenters. The predicted molar refractivity (Wildman–Crippen MR) is 125 cm³/mol.